The Hall–Kier alpha value is -0.870. The lowest BCUT2D eigenvalue weighted by atomic mass is 9.77. The minimum absolute atomic E-state index is 0.250. The van der Waals surface area contributed by atoms with Crippen LogP contribution in [0.15, 0.2) is 42.0 Å². The molecule has 0 fully saturated rings. The van der Waals surface area contributed by atoms with Crippen molar-refractivity contribution in [3.63, 3.8) is 0 Å². The summed E-state index contributed by atoms with van der Waals surface area (Å²) in [5.41, 5.74) is 4.64. The Labute approximate surface area is 210 Å². The van der Waals surface area contributed by atoms with Crippen molar-refractivity contribution in [1.29, 1.82) is 0 Å². The van der Waals surface area contributed by atoms with Crippen molar-refractivity contribution >= 4 is 18.8 Å². The van der Waals surface area contributed by atoms with Crippen molar-refractivity contribution in [2.24, 2.45) is 23.7 Å². The van der Waals surface area contributed by atoms with Crippen LogP contribution in [0.5, 0.6) is 0 Å². The van der Waals surface area contributed by atoms with Crippen LogP contribution >= 0.6 is 7.92 Å². The van der Waals surface area contributed by atoms with Gasteiger partial charge in [0.1, 0.15) is 0 Å². The van der Waals surface area contributed by atoms with Gasteiger partial charge in [-0.2, -0.15) is 0 Å². The molecule has 0 amide bonds. The molecule has 0 nitrogen and oxygen atoms in total. The molecule has 33 heavy (non-hydrogen) atoms. The molecule has 0 aromatic heterocycles. The molecule has 0 saturated heterocycles. The number of rotatable bonds is 8. The van der Waals surface area contributed by atoms with E-state index in [1.165, 1.54) is 17.6 Å². The molecule has 1 aromatic carbocycles. The molecule has 0 spiro atoms. The van der Waals surface area contributed by atoms with Gasteiger partial charge >= 0.3 is 0 Å². The largest absolute Gasteiger partial charge is 0.0817 e. The zero-order valence-corrected chi connectivity index (χ0v) is 25.8. The van der Waals surface area contributed by atoms with Gasteiger partial charge in [-0.3, -0.25) is 0 Å². The lowest BCUT2D eigenvalue weighted by Crippen LogP contribution is -2.33. The van der Waals surface area contributed by atoms with E-state index in [-0.39, 0.29) is 18.2 Å². The maximum absolute atomic E-state index is 2.45. The number of allylic oxidation sites excluding steroid dienone is 4. The molecule has 0 saturated carbocycles. The quantitative estimate of drug-likeness (QED) is 0.261. The molecular weight excluding hydrogens is 415 g/mol. The molecule has 0 N–H and O–H groups in total. The smallest absolute Gasteiger partial charge is 0.0132 e. The van der Waals surface area contributed by atoms with E-state index in [2.05, 4.69) is 126 Å². The average Bonchev–Trinajstić information content (AvgIpc) is 2.66. The Bertz CT molecular complexity index is 733. The molecule has 190 valence electrons. The van der Waals surface area contributed by atoms with Crippen molar-refractivity contribution in [3.8, 4) is 0 Å². The fraction of sp³-hybridized carbons (Fsp3) is 0.688. The van der Waals surface area contributed by atoms with E-state index in [0.29, 0.717) is 23.7 Å². The summed E-state index contributed by atoms with van der Waals surface area (Å²) in [4.78, 5) is 0. The Kier molecular flexibility index (Phi) is 13.5. The van der Waals surface area contributed by atoms with Gasteiger partial charge in [-0.1, -0.05) is 148 Å². The second-order valence-electron chi connectivity index (χ2n) is 12.1. The minimum atomic E-state index is -0.364. The summed E-state index contributed by atoms with van der Waals surface area (Å²) in [6.45, 7) is 35.1. The monoisotopic (exact) mass is 472 g/mol. The molecule has 0 heterocycles. The number of hydrogen-bond acceptors (Lipinski definition) is 0. The summed E-state index contributed by atoms with van der Waals surface area (Å²) in [7, 11) is -0.364. The van der Waals surface area contributed by atoms with Gasteiger partial charge in [0, 0.05) is 0 Å². The molecule has 0 aliphatic heterocycles. The van der Waals surface area contributed by atoms with Crippen LogP contribution in [0.2, 0.25) is 0 Å². The molecule has 0 aliphatic carbocycles. The van der Waals surface area contributed by atoms with E-state index < -0.39 is 0 Å². The predicted octanol–water partition coefficient (Wildman–Crippen LogP) is 10.7. The van der Waals surface area contributed by atoms with E-state index in [1.807, 2.05) is 13.8 Å². The SMILES string of the molecule is CC.CCC(/C(=C(\C=C\C(C)C)C(C)C)c1ccccc1P(C(C)(C)C)C(C)(C)C)C(C)C. The van der Waals surface area contributed by atoms with Crippen molar-refractivity contribution in [3.05, 3.63) is 47.6 Å². The van der Waals surface area contributed by atoms with Gasteiger partial charge in [-0.05, 0) is 62.4 Å². The van der Waals surface area contributed by atoms with Gasteiger partial charge in [0.05, 0.1) is 0 Å². The summed E-state index contributed by atoms with van der Waals surface area (Å²) in [5, 5.41) is 2.09. The van der Waals surface area contributed by atoms with Crippen LogP contribution in [-0.2, 0) is 0 Å². The zero-order chi connectivity index (χ0) is 26.1. The molecular formula is C32H57P. The first kappa shape index (κ1) is 32.1. The molecule has 0 radical (unpaired) electrons. The second kappa shape index (κ2) is 13.9. The van der Waals surface area contributed by atoms with Crippen molar-refractivity contribution in [2.75, 3.05) is 0 Å². The van der Waals surface area contributed by atoms with Gasteiger partial charge in [0.2, 0.25) is 0 Å². The summed E-state index contributed by atoms with van der Waals surface area (Å²) in [6, 6.07) is 9.39. The number of hydrogen-bond donors (Lipinski definition) is 0. The summed E-state index contributed by atoms with van der Waals surface area (Å²) >= 11 is 0. The van der Waals surface area contributed by atoms with Crippen molar-refractivity contribution in [1.82, 2.24) is 0 Å². The average molecular weight is 473 g/mol. The highest BCUT2D eigenvalue weighted by molar-refractivity contribution is 7.68. The third-order valence-corrected chi connectivity index (χ3v) is 9.54. The van der Waals surface area contributed by atoms with Crippen molar-refractivity contribution in [2.45, 2.75) is 121 Å². The molecule has 1 unspecified atom stereocenters. The number of benzene rings is 1. The third kappa shape index (κ3) is 9.36. The topological polar surface area (TPSA) is 0 Å². The standard InChI is InChI=1S/C30H51P.C2H6/c1-14-24(22(4)5)28(25(23(6)7)20-19-21(2)3)26-17-15-16-18-27(26)31(29(8,9)10)30(11,12)13;1-2/h15-24H,14H2,1-13H3;1-2H3/b20-19+,28-25-;. The van der Waals surface area contributed by atoms with Crippen LogP contribution in [0.25, 0.3) is 5.57 Å². The van der Waals surface area contributed by atoms with Crippen LogP contribution in [0, 0.1) is 23.7 Å². The van der Waals surface area contributed by atoms with E-state index in [0.717, 1.165) is 0 Å². The first-order valence-corrected chi connectivity index (χ1v) is 14.8. The molecule has 1 aromatic rings. The normalized spacial score (nSPS) is 14.8. The Balaban J connectivity index is 0.00000497. The molecule has 0 aliphatic rings. The van der Waals surface area contributed by atoms with E-state index >= 15 is 0 Å². The first-order valence-electron chi connectivity index (χ1n) is 13.4. The van der Waals surface area contributed by atoms with Gasteiger partial charge in [-0.15, -0.1) is 0 Å². The van der Waals surface area contributed by atoms with Gasteiger partial charge < -0.3 is 0 Å². The van der Waals surface area contributed by atoms with Crippen LogP contribution in [0.1, 0.15) is 116 Å². The summed E-state index contributed by atoms with van der Waals surface area (Å²) < 4.78 is 0. The highest BCUT2D eigenvalue weighted by Crippen LogP contribution is 2.59. The van der Waals surface area contributed by atoms with Crippen LogP contribution in [0.4, 0.5) is 0 Å². The van der Waals surface area contributed by atoms with Gasteiger partial charge in [-0.25, -0.2) is 0 Å². The minimum Gasteiger partial charge on any atom is -0.0817 e. The highest BCUT2D eigenvalue weighted by atomic mass is 31.1. The highest BCUT2D eigenvalue weighted by Gasteiger charge is 2.38. The second-order valence-corrected chi connectivity index (χ2v) is 15.9. The maximum Gasteiger partial charge on any atom is -0.0132 e. The van der Waals surface area contributed by atoms with Gasteiger partial charge in [0.15, 0.2) is 0 Å². The van der Waals surface area contributed by atoms with Crippen molar-refractivity contribution < 1.29 is 0 Å². The molecule has 1 atom stereocenters. The fourth-order valence-electron chi connectivity index (χ4n) is 5.09. The molecule has 1 heteroatoms. The summed E-state index contributed by atoms with van der Waals surface area (Å²) in [5.74, 6) is 2.24. The van der Waals surface area contributed by atoms with Crippen LogP contribution in [0.3, 0.4) is 0 Å². The van der Waals surface area contributed by atoms with Gasteiger partial charge in [0.25, 0.3) is 0 Å². The summed E-state index contributed by atoms with van der Waals surface area (Å²) in [6.07, 6.45) is 6.01. The fourth-order valence-corrected chi connectivity index (χ4v) is 9.22. The third-order valence-electron chi connectivity index (χ3n) is 5.99. The molecule has 1 rings (SSSR count). The zero-order valence-electron chi connectivity index (χ0n) is 24.9. The van der Waals surface area contributed by atoms with E-state index in [1.54, 1.807) is 10.9 Å². The van der Waals surface area contributed by atoms with Crippen LogP contribution < -0.4 is 5.30 Å². The Morgan fingerprint density at radius 2 is 1.33 bits per heavy atom. The van der Waals surface area contributed by atoms with E-state index in [9.17, 15) is 0 Å². The lowest BCUT2D eigenvalue weighted by Gasteiger charge is -2.43. The Morgan fingerprint density at radius 1 is 0.848 bits per heavy atom. The maximum atomic E-state index is 2.45. The first-order chi connectivity index (χ1) is 15.1. The lowest BCUT2D eigenvalue weighted by molar-refractivity contribution is 0.463. The predicted molar refractivity (Wildman–Crippen MR) is 158 cm³/mol. The molecule has 0 bridgehead atoms. The van der Waals surface area contributed by atoms with E-state index in [4.69, 9.17) is 0 Å². The Morgan fingerprint density at radius 3 is 1.70 bits per heavy atom. The van der Waals surface area contributed by atoms with Crippen LogP contribution in [-0.4, -0.2) is 10.3 Å².